The number of hydrogen-bond donors (Lipinski definition) is 2. The molecule has 3 aromatic carbocycles. The molecular formula is C32H36ClF2N3O5S. The Bertz CT molecular complexity index is 1640. The Hall–Kier alpha value is -2.83. The number of nitrogens with two attached hydrogens (primary N) is 1. The van der Waals surface area contributed by atoms with Crippen LogP contribution in [0.1, 0.15) is 56.9 Å². The number of carbonyl (C=O) groups excluding carboxylic acids is 1. The number of halogens is 3. The summed E-state index contributed by atoms with van der Waals surface area (Å²) in [5.41, 5.74) is 3.78. The van der Waals surface area contributed by atoms with Gasteiger partial charge < -0.3 is 15.4 Å². The van der Waals surface area contributed by atoms with Gasteiger partial charge in [-0.25, -0.2) is 17.2 Å². The molecule has 3 aromatic rings. The van der Waals surface area contributed by atoms with E-state index in [4.69, 9.17) is 26.9 Å². The number of carbonyl (C=O) groups is 1. The average Bonchev–Trinajstić information content (AvgIpc) is 3.71. The quantitative estimate of drug-likeness (QED) is 0.265. The van der Waals surface area contributed by atoms with Gasteiger partial charge in [-0.05, 0) is 73.6 Å². The standard InChI is InChI=1S/C32H36ClF2N3O5S/c33-27-12-8-23(20-28(27)42-25-9-10-25)32(34,35)29(30(39)38-17-13-24(36)14-18-38)31(15-3-4-16-31)43-37-44(40,41)26-11-7-21-5-1-2-6-22(21)19-26/h1-2,5-8,11-12,19-20,24-25,29,37H,3-4,9-10,13-18,36H2. The third-order valence-electron chi connectivity index (χ3n) is 8.96. The van der Waals surface area contributed by atoms with Crippen LogP contribution in [0.4, 0.5) is 8.78 Å². The maximum Gasteiger partial charge on any atom is 0.287 e. The lowest BCUT2D eigenvalue weighted by Crippen LogP contribution is -2.58. The highest BCUT2D eigenvalue weighted by Gasteiger charge is 2.61. The van der Waals surface area contributed by atoms with Crippen molar-refractivity contribution in [3.8, 4) is 5.75 Å². The molecule has 0 aromatic heterocycles. The summed E-state index contributed by atoms with van der Waals surface area (Å²) in [5, 5.41) is 1.74. The Kier molecular flexibility index (Phi) is 8.62. The van der Waals surface area contributed by atoms with Crippen molar-refractivity contribution in [2.75, 3.05) is 13.1 Å². The van der Waals surface area contributed by atoms with Crippen molar-refractivity contribution in [3.05, 3.63) is 71.2 Å². The molecule has 0 spiro atoms. The van der Waals surface area contributed by atoms with E-state index in [0.29, 0.717) is 31.1 Å². The number of piperidine rings is 1. The first-order chi connectivity index (χ1) is 21.0. The Morgan fingerprint density at radius 2 is 1.68 bits per heavy atom. The normalized spacial score (nSPS) is 20.1. The summed E-state index contributed by atoms with van der Waals surface area (Å²) in [6.07, 6.45) is 3.59. The van der Waals surface area contributed by atoms with Crippen LogP contribution in [0.15, 0.2) is 65.6 Å². The fraction of sp³-hybridized carbons (Fsp3) is 0.469. The number of rotatable bonds is 10. The van der Waals surface area contributed by atoms with Crippen LogP contribution in [0, 0.1) is 5.92 Å². The molecule has 3 aliphatic rings. The number of likely N-dealkylation sites (tertiary alicyclic amines) is 1. The molecule has 3 fully saturated rings. The molecule has 2 aliphatic carbocycles. The third kappa shape index (κ3) is 6.30. The molecule has 2 saturated carbocycles. The van der Waals surface area contributed by atoms with E-state index in [0.717, 1.165) is 18.2 Å². The number of sulfonamides is 1. The van der Waals surface area contributed by atoms with Gasteiger partial charge in [0.25, 0.3) is 15.9 Å². The van der Waals surface area contributed by atoms with E-state index in [1.54, 1.807) is 18.2 Å². The van der Waals surface area contributed by atoms with E-state index >= 15 is 8.78 Å². The predicted octanol–water partition coefficient (Wildman–Crippen LogP) is 5.92. The molecule has 12 heteroatoms. The average molecular weight is 648 g/mol. The molecule has 3 N–H and O–H groups in total. The SMILES string of the molecule is NC1CCN(C(=O)C(C2(ONS(=O)(=O)c3ccc4ccccc4c3)CCCC2)C(F)(F)c2ccc(Cl)c(OC3CC3)c2)CC1. The Morgan fingerprint density at radius 3 is 2.36 bits per heavy atom. The zero-order valence-electron chi connectivity index (χ0n) is 24.2. The van der Waals surface area contributed by atoms with Crippen LogP contribution >= 0.6 is 11.6 Å². The summed E-state index contributed by atoms with van der Waals surface area (Å²) >= 11 is 6.29. The van der Waals surface area contributed by atoms with E-state index in [-0.39, 0.29) is 53.7 Å². The van der Waals surface area contributed by atoms with Crippen LogP contribution in [0.25, 0.3) is 10.8 Å². The Morgan fingerprint density at radius 1 is 1.00 bits per heavy atom. The van der Waals surface area contributed by atoms with Crippen LogP contribution in [-0.2, 0) is 25.6 Å². The lowest BCUT2D eigenvalue weighted by atomic mass is 9.77. The zero-order chi connectivity index (χ0) is 31.1. The maximum atomic E-state index is 17.0. The minimum absolute atomic E-state index is 0.0611. The highest BCUT2D eigenvalue weighted by atomic mass is 35.5. The van der Waals surface area contributed by atoms with Gasteiger partial charge in [0.1, 0.15) is 17.3 Å². The summed E-state index contributed by atoms with van der Waals surface area (Å²) in [5.74, 6) is -6.46. The fourth-order valence-corrected chi connectivity index (χ4v) is 7.35. The first-order valence-corrected chi connectivity index (χ1v) is 16.9. The van der Waals surface area contributed by atoms with E-state index in [1.165, 1.54) is 35.2 Å². The highest BCUT2D eigenvalue weighted by Crippen LogP contribution is 2.51. The lowest BCUT2D eigenvalue weighted by Gasteiger charge is -2.43. The molecule has 6 rings (SSSR count). The molecule has 1 aliphatic heterocycles. The number of benzene rings is 3. The number of fused-ring (bicyclic) bond motifs is 1. The van der Waals surface area contributed by atoms with Crippen LogP contribution in [0.2, 0.25) is 5.02 Å². The molecule has 1 heterocycles. The summed E-state index contributed by atoms with van der Waals surface area (Å²) in [4.78, 5) is 23.6. The second-order valence-electron chi connectivity index (χ2n) is 12.2. The zero-order valence-corrected chi connectivity index (χ0v) is 25.8. The monoisotopic (exact) mass is 647 g/mol. The van der Waals surface area contributed by atoms with E-state index in [1.807, 2.05) is 12.1 Å². The van der Waals surface area contributed by atoms with Crippen molar-refractivity contribution < 1.29 is 31.6 Å². The molecule has 1 saturated heterocycles. The molecule has 44 heavy (non-hydrogen) atoms. The number of nitrogens with zero attached hydrogens (tertiary/aromatic N) is 1. The van der Waals surface area contributed by atoms with Gasteiger partial charge in [0.15, 0.2) is 0 Å². The Balaban J connectivity index is 1.36. The van der Waals surface area contributed by atoms with Crippen LogP contribution in [0.5, 0.6) is 5.75 Å². The van der Waals surface area contributed by atoms with Gasteiger partial charge in [-0.3, -0.25) is 9.63 Å². The van der Waals surface area contributed by atoms with Gasteiger partial charge >= 0.3 is 0 Å². The first-order valence-electron chi connectivity index (χ1n) is 15.1. The van der Waals surface area contributed by atoms with Gasteiger partial charge in [-0.2, -0.15) is 0 Å². The van der Waals surface area contributed by atoms with Crippen molar-refractivity contribution in [3.63, 3.8) is 0 Å². The number of nitrogens with one attached hydrogen (secondary N) is 1. The smallest absolute Gasteiger partial charge is 0.287 e. The minimum Gasteiger partial charge on any atom is -0.489 e. The number of ether oxygens (including phenoxy) is 1. The van der Waals surface area contributed by atoms with Gasteiger partial charge in [-0.15, -0.1) is 0 Å². The topological polar surface area (TPSA) is 111 Å². The second kappa shape index (κ2) is 12.2. The predicted molar refractivity (Wildman–Crippen MR) is 163 cm³/mol. The van der Waals surface area contributed by atoms with E-state index in [2.05, 4.69) is 4.89 Å². The molecule has 236 valence electrons. The summed E-state index contributed by atoms with van der Waals surface area (Å²) in [6, 6.07) is 15.5. The molecular weight excluding hydrogens is 612 g/mol. The Labute approximate surface area is 260 Å². The van der Waals surface area contributed by atoms with E-state index in [9.17, 15) is 13.2 Å². The molecule has 1 unspecified atom stereocenters. The van der Waals surface area contributed by atoms with Crippen LogP contribution in [-0.4, -0.2) is 50.1 Å². The van der Waals surface area contributed by atoms with E-state index < -0.39 is 38.9 Å². The van der Waals surface area contributed by atoms with Crippen molar-refractivity contribution in [2.45, 2.75) is 79.9 Å². The van der Waals surface area contributed by atoms with Gasteiger partial charge in [0.2, 0.25) is 5.91 Å². The minimum atomic E-state index is -4.29. The van der Waals surface area contributed by atoms with Gasteiger partial charge in [0.05, 0.1) is 16.0 Å². The molecule has 0 radical (unpaired) electrons. The summed E-state index contributed by atoms with van der Waals surface area (Å²) < 4.78 is 66.6. The van der Waals surface area contributed by atoms with Crippen molar-refractivity contribution in [2.24, 2.45) is 11.7 Å². The lowest BCUT2D eigenvalue weighted by molar-refractivity contribution is -0.203. The van der Waals surface area contributed by atoms with Gasteiger partial charge in [0, 0.05) is 24.7 Å². The summed E-state index contributed by atoms with van der Waals surface area (Å²) in [7, 11) is -4.29. The largest absolute Gasteiger partial charge is 0.489 e. The van der Waals surface area contributed by atoms with Crippen molar-refractivity contribution in [1.29, 1.82) is 0 Å². The molecule has 8 nitrogen and oxygen atoms in total. The second-order valence-corrected chi connectivity index (χ2v) is 14.2. The molecule has 1 amide bonds. The number of hydrogen-bond acceptors (Lipinski definition) is 6. The van der Waals surface area contributed by atoms with Crippen molar-refractivity contribution in [1.82, 2.24) is 9.79 Å². The maximum absolute atomic E-state index is 17.0. The first kappa shape index (κ1) is 31.2. The molecule has 1 atom stereocenters. The highest BCUT2D eigenvalue weighted by molar-refractivity contribution is 7.89. The third-order valence-corrected chi connectivity index (χ3v) is 10.4. The van der Waals surface area contributed by atoms with Crippen LogP contribution < -0.4 is 15.4 Å². The number of alkyl halides is 2. The van der Waals surface area contributed by atoms with Crippen LogP contribution in [0.3, 0.4) is 0 Å². The molecule has 0 bridgehead atoms. The number of amides is 1. The fourth-order valence-electron chi connectivity index (χ4n) is 6.29. The summed E-state index contributed by atoms with van der Waals surface area (Å²) in [6.45, 7) is 0.449. The van der Waals surface area contributed by atoms with Crippen molar-refractivity contribution >= 4 is 38.3 Å². The van der Waals surface area contributed by atoms with Gasteiger partial charge in [-0.1, -0.05) is 65.7 Å².